The number of benzene rings is 1. The van der Waals surface area contributed by atoms with Gasteiger partial charge in [-0.2, -0.15) is 0 Å². The van der Waals surface area contributed by atoms with Crippen LogP contribution >= 0.6 is 47.8 Å². The van der Waals surface area contributed by atoms with Crippen LogP contribution in [0.3, 0.4) is 0 Å². The van der Waals surface area contributed by atoms with Gasteiger partial charge < -0.3 is 9.84 Å². The van der Waals surface area contributed by atoms with Crippen LogP contribution in [-0.2, 0) is 0 Å². The molecule has 1 aromatic carbocycles. The van der Waals surface area contributed by atoms with Crippen molar-refractivity contribution < 1.29 is 9.84 Å². The third kappa shape index (κ3) is 3.22. The Morgan fingerprint density at radius 1 is 1.29 bits per heavy atom. The standard InChI is InChI=1S/C9H8Br3O2/c1-5(13)4-14-7-3-2-6(10)8(11)9(7)12/h2-3,5,13H,1,4H2. The Labute approximate surface area is 108 Å². The second-order valence-electron chi connectivity index (χ2n) is 2.64. The van der Waals surface area contributed by atoms with E-state index in [9.17, 15) is 0 Å². The molecule has 1 radical (unpaired) electrons. The zero-order chi connectivity index (χ0) is 10.7. The van der Waals surface area contributed by atoms with Crippen LogP contribution in [0.15, 0.2) is 25.6 Å². The van der Waals surface area contributed by atoms with Gasteiger partial charge in [0, 0.05) is 8.95 Å². The Kier molecular flexibility index (Phi) is 4.90. The maximum absolute atomic E-state index is 8.96. The van der Waals surface area contributed by atoms with E-state index in [1.54, 1.807) is 6.07 Å². The first-order valence-electron chi connectivity index (χ1n) is 3.80. The minimum atomic E-state index is -0.718. The van der Waals surface area contributed by atoms with E-state index in [2.05, 4.69) is 54.7 Å². The lowest BCUT2D eigenvalue weighted by Crippen LogP contribution is -2.13. The highest BCUT2D eigenvalue weighted by molar-refractivity contribution is 9.14. The quantitative estimate of drug-likeness (QED) is 0.804. The molecule has 1 atom stereocenters. The van der Waals surface area contributed by atoms with E-state index in [4.69, 9.17) is 9.84 Å². The SMILES string of the molecule is [CH2]C(O)COc1ccc(Br)c(Br)c1Br. The number of hydrogen-bond acceptors (Lipinski definition) is 2. The summed E-state index contributed by atoms with van der Waals surface area (Å²) < 4.78 is 7.96. The lowest BCUT2D eigenvalue weighted by Gasteiger charge is -2.11. The summed E-state index contributed by atoms with van der Waals surface area (Å²) in [5, 5.41) is 8.96. The molecule has 0 bridgehead atoms. The van der Waals surface area contributed by atoms with Crippen molar-refractivity contribution >= 4 is 47.8 Å². The van der Waals surface area contributed by atoms with E-state index < -0.39 is 6.10 Å². The van der Waals surface area contributed by atoms with Crippen molar-refractivity contribution in [3.05, 3.63) is 32.5 Å². The molecule has 5 heteroatoms. The predicted molar refractivity (Wildman–Crippen MR) is 66.4 cm³/mol. The van der Waals surface area contributed by atoms with Crippen LogP contribution in [-0.4, -0.2) is 17.8 Å². The van der Waals surface area contributed by atoms with E-state index in [0.717, 1.165) is 13.4 Å². The molecular weight excluding hydrogens is 380 g/mol. The molecule has 0 saturated carbocycles. The second-order valence-corrected chi connectivity index (χ2v) is 5.08. The van der Waals surface area contributed by atoms with Crippen molar-refractivity contribution in [2.24, 2.45) is 0 Å². The lowest BCUT2D eigenvalue weighted by molar-refractivity contribution is 0.142. The molecular formula is C9H8Br3O2. The summed E-state index contributed by atoms with van der Waals surface area (Å²) in [6.45, 7) is 3.59. The Morgan fingerprint density at radius 3 is 2.50 bits per heavy atom. The molecule has 0 spiro atoms. The zero-order valence-electron chi connectivity index (χ0n) is 7.14. The molecule has 0 saturated heterocycles. The first-order chi connectivity index (χ1) is 6.52. The van der Waals surface area contributed by atoms with Gasteiger partial charge in [-0.25, -0.2) is 0 Å². The minimum absolute atomic E-state index is 0.173. The Morgan fingerprint density at radius 2 is 1.93 bits per heavy atom. The van der Waals surface area contributed by atoms with Gasteiger partial charge in [0.15, 0.2) is 0 Å². The van der Waals surface area contributed by atoms with Crippen molar-refractivity contribution in [1.29, 1.82) is 0 Å². The second kappa shape index (κ2) is 5.49. The third-order valence-corrected chi connectivity index (χ3v) is 4.77. The van der Waals surface area contributed by atoms with Gasteiger partial charge in [-0.1, -0.05) is 0 Å². The number of halogens is 3. The summed E-state index contributed by atoms with van der Waals surface area (Å²) >= 11 is 10.1. The molecule has 1 aromatic rings. The van der Waals surface area contributed by atoms with Crippen LogP contribution in [0.1, 0.15) is 0 Å². The molecule has 0 heterocycles. The molecule has 0 aromatic heterocycles. The molecule has 1 N–H and O–H groups in total. The van der Waals surface area contributed by atoms with Gasteiger partial charge in [-0.05, 0) is 66.8 Å². The third-order valence-electron chi connectivity index (χ3n) is 1.43. The largest absolute Gasteiger partial charge is 0.490 e. The fraction of sp³-hybridized carbons (Fsp3) is 0.222. The maximum atomic E-state index is 8.96. The summed E-state index contributed by atoms with van der Waals surface area (Å²) in [5.41, 5.74) is 0. The average molecular weight is 388 g/mol. The minimum Gasteiger partial charge on any atom is -0.490 e. The fourth-order valence-corrected chi connectivity index (χ4v) is 2.19. The molecule has 0 aliphatic heterocycles. The van der Waals surface area contributed by atoms with Gasteiger partial charge in [0.05, 0.1) is 10.6 Å². The monoisotopic (exact) mass is 385 g/mol. The van der Waals surface area contributed by atoms with Crippen molar-refractivity contribution in [2.75, 3.05) is 6.61 Å². The number of aliphatic hydroxyl groups is 1. The molecule has 14 heavy (non-hydrogen) atoms. The average Bonchev–Trinajstić information content (AvgIpc) is 2.13. The summed E-state index contributed by atoms with van der Waals surface area (Å²) in [6, 6.07) is 3.67. The molecule has 77 valence electrons. The Balaban J connectivity index is 2.83. The van der Waals surface area contributed by atoms with Gasteiger partial charge in [0.2, 0.25) is 0 Å². The van der Waals surface area contributed by atoms with Crippen LogP contribution in [0, 0.1) is 6.92 Å². The van der Waals surface area contributed by atoms with Gasteiger partial charge in [-0.15, -0.1) is 0 Å². The fourth-order valence-electron chi connectivity index (χ4n) is 0.806. The highest BCUT2D eigenvalue weighted by Crippen LogP contribution is 2.37. The molecule has 1 rings (SSSR count). The highest BCUT2D eigenvalue weighted by atomic mass is 79.9. The molecule has 0 aliphatic rings. The van der Waals surface area contributed by atoms with E-state index in [-0.39, 0.29) is 6.61 Å². The van der Waals surface area contributed by atoms with Crippen LogP contribution in [0.2, 0.25) is 0 Å². The number of ether oxygens (including phenoxy) is 1. The molecule has 2 nitrogen and oxygen atoms in total. The van der Waals surface area contributed by atoms with Gasteiger partial charge in [-0.3, -0.25) is 0 Å². The molecule has 1 unspecified atom stereocenters. The molecule has 0 aliphatic carbocycles. The smallest absolute Gasteiger partial charge is 0.134 e. The summed E-state index contributed by atoms with van der Waals surface area (Å²) in [5.74, 6) is 0.669. The molecule has 0 fully saturated rings. The van der Waals surface area contributed by atoms with E-state index >= 15 is 0 Å². The first-order valence-corrected chi connectivity index (χ1v) is 6.17. The summed E-state index contributed by atoms with van der Waals surface area (Å²) in [7, 11) is 0. The summed E-state index contributed by atoms with van der Waals surface area (Å²) in [6.07, 6.45) is -0.718. The zero-order valence-corrected chi connectivity index (χ0v) is 11.9. The van der Waals surface area contributed by atoms with Crippen molar-refractivity contribution in [1.82, 2.24) is 0 Å². The van der Waals surface area contributed by atoms with Crippen LogP contribution < -0.4 is 4.74 Å². The predicted octanol–water partition coefficient (Wildman–Crippen LogP) is 3.55. The van der Waals surface area contributed by atoms with Gasteiger partial charge in [0.25, 0.3) is 0 Å². The lowest BCUT2D eigenvalue weighted by atomic mass is 10.3. The molecule has 0 amide bonds. The van der Waals surface area contributed by atoms with Gasteiger partial charge in [0.1, 0.15) is 12.4 Å². The normalized spacial score (nSPS) is 12.6. The maximum Gasteiger partial charge on any atom is 0.134 e. The van der Waals surface area contributed by atoms with E-state index in [1.807, 2.05) is 6.07 Å². The van der Waals surface area contributed by atoms with Crippen molar-refractivity contribution in [3.8, 4) is 5.75 Å². The van der Waals surface area contributed by atoms with E-state index in [0.29, 0.717) is 5.75 Å². The van der Waals surface area contributed by atoms with Gasteiger partial charge >= 0.3 is 0 Å². The highest BCUT2D eigenvalue weighted by Gasteiger charge is 2.09. The summed E-state index contributed by atoms with van der Waals surface area (Å²) in [4.78, 5) is 0. The first kappa shape index (κ1) is 12.5. The van der Waals surface area contributed by atoms with Crippen LogP contribution in [0.4, 0.5) is 0 Å². The van der Waals surface area contributed by atoms with Crippen LogP contribution in [0.5, 0.6) is 5.75 Å². The van der Waals surface area contributed by atoms with E-state index in [1.165, 1.54) is 0 Å². The topological polar surface area (TPSA) is 29.5 Å². The Bertz CT molecular complexity index is 326. The number of hydrogen-bond donors (Lipinski definition) is 1. The Hall–Kier alpha value is 0.420. The number of aliphatic hydroxyl groups excluding tert-OH is 1. The number of rotatable bonds is 3. The van der Waals surface area contributed by atoms with Crippen molar-refractivity contribution in [2.45, 2.75) is 6.10 Å². The van der Waals surface area contributed by atoms with Crippen molar-refractivity contribution in [3.63, 3.8) is 0 Å². The van der Waals surface area contributed by atoms with Crippen LogP contribution in [0.25, 0.3) is 0 Å².